The predicted molar refractivity (Wildman–Crippen MR) is 70.0 cm³/mol. The lowest BCUT2D eigenvalue weighted by Gasteiger charge is -2.14. The Kier molecular flexibility index (Phi) is 3.19. The van der Waals surface area contributed by atoms with E-state index in [0.29, 0.717) is 19.3 Å². The van der Waals surface area contributed by atoms with Gasteiger partial charge in [-0.05, 0) is 36.8 Å². The van der Waals surface area contributed by atoms with Crippen molar-refractivity contribution >= 4 is 11.9 Å². The van der Waals surface area contributed by atoms with Crippen LogP contribution in [0.1, 0.15) is 36.3 Å². The van der Waals surface area contributed by atoms with Gasteiger partial charge in [0.15, 0.2) is 0 Å². The van der Waals surface area contributed by atoms with E-state index in [4.69, 9.17) is 5.11 Å². The molecule has 1 aromatic rings. The maximum atomic E-state index is 13.0. The fourth-order valence-electron chi connectivity index (χ4n) is 2.75. The van der Waals surface area contributed by atoms with Crippen LogP contribution in [0.3, 0.4) is 0 Å². The molecule has 0 unspecified atom stereocenters. The Labute approximate surface area is 124 Å². The van der Waals surface area contributed by atoms with Crippen molar-refractivity contribution in [3.63, 3.8) is 0 Å². The van der Waals surface area contributed by atoms with Gasteiger partial charge in [0.05, 0.1) is 5.56 Å². The summed E-state index contributed by atoms with van der Waals surface area (Å²) in [7, 11) is 0. The van der Waals surface area contributed by atoms with Gasteiger partial charge in [-0.1, -0.05) is 18.2 Å². The van der Waals surface area contributed by atoms with Crippen molar-refractivity contribution < 1.29 is 27.9 Å². The lowest BCUT2D eigenvalue weighted by Crippen LogP contribution is -2.43. The van der Waals surface area contributed by atoms with Crippen LogP contribution < -0.4 is 5.32 Å². The third kappa shape index (κ3) is 2.55. The molecule has 2 aliphatic rings. The zero-order valence-electron chi connectivity index (χ0n) is 11.5. The van der Waals surface area contributed by atoms with Crippen molar-refractivity contribution in [1.82, 2.24) is 5.32 Å². The average molecular weight is 313 g/mol. The number of carbonyl (C=O) groups is 2. The molecule has 7 heteroatoms. The van der Waals surface area contributed by atoms with Crippen molar-refractivity contribution in [1.29, 1.82) is 0 Å². The Balaban J connectivity index is 1.73. The molecule has 118 valence electrons. The van der Waals surface area contributed by atoms with Gasteiger partial charge in [0.2, 0.25) is 5.91 Å². The Morgan fingerprint density at radius 3 is 2.41 bits per heavy atom. The van der Waals surface area contributed by atoms with Crippen LogP contribution in [0.2, 0.25) is 0 Å². The predicted octanol–water partition coefficient (Wildman–Crippen LogP) is 2.54. The second kappa shape index (κ2) is 4.72. The Morgan fingerprint density at radius 1 is 1.23 bits per heavy atom. The van der Waals surface area contributed by atoms with Crippen molar-refractivity contribution in [2.45, 2.75) is 36.9 Å². The molecule has 22 heavy (non-hydrogen) atoms. The van der Waals surface area contributed by atoms with E-state index in [1.165, 1.54) is 18.2 Å². The summed E-state index contributed by atoms with van der Waals surface area (Å²) in [6.45, 7) is 0. The van der Waals surface area contributed by atoms with Crippen LogP contribution in [0.5, 0.6) is 0 Å². The van der Waals surface area contributed by atoms with E-state index in [-0.39, 0.29) is 5.56 Å². The lowest BCUT2D eigenvalue weighted by atomic mass is 10.0. The summed E-state index contributed by atoms with van der Waals surface area (Å²) < 4.78 is 38.9. The zero-order valence-corrected chi connectivity index (χ0v) is 11.5. The summed E-state index contributed by atoms with van der Waals surface area (Å²) in [4.78, 5) is 23.1. The highest BCUT2D eigenvalue weighted by molar-refractivity contribution is 5.92. The smallest absolute Gasteiger partial charge is 0.416 e. The number of carboxylic acids is 1. The number of benzene rings is 1. The number of carbonyl (C=O) groups excluding carboxylic acids is 1. The van der Waals surface area contributed by atoms with Crippen LogP contribution in [-0.4, -0.2) is 22.5 Å². The minimum atomic E-state index is -4.46. The molecule has 0 saturated heterocycles. The van der Waals surface area contributed by atoms with Gasteiger partial charge in [-0.2, -0.15) is 13.2 Å². The molecule has 2 atom stereocenters. The maximum absolute atomic E-state index is 13.0. The van der Waals surface area contributed by atoms with Gasteiger partial charge in [0.25, 0.3) is 0 Å². The Bertz CT molecular complexity index is 637. The average Bonchev–Trinajstić information content (AvgIpc) is 3.32. The van der Waals surface area contributed by atoms with Gasteiger partial charge < -0.3 is 10.4 Å². The van der Waals surface area contributed by atoms with Gasteiger partial charge in [-0.3, -0.25) is 4.79 Å². The molecular formula is C15H14F3NO3. The van der Waals surface area contributed by atoms with E-state index in [9.17, 15) is 22.8 Å². The third-order valence-electron chi connectivity index (χ3n) is 4.31. The fraction of sp³-hybridized carbons (Fsp3) is 0.467. The highest BCUT2D eigenvalue weighted by Crippen LogP contribution is 2.51. The SMILES string of the molecule is O=C(NC1(C(=O)O)CC1)[C@@H]1C[C@H]1c1ccccc1C(F)(F)F. The Morgan fingerprint density at radius 2 is 1.86 bits per heavy atom. The van der Waals surface area contributed by atoms with E-state index in [1.807, 2.05) is 0 Å². The van der Waals surface area contributed by atoms with Crippen molar-refractivity contribution in [3.8, 4) is 0 Å². The van der Waals surface area contributed by atoms with Crippen LogP contribution in [0.25, 0.3) is 0 Å². The minimum Gasteiger partial charge on any atom is -0.480 e. The largest absolute Gasteiger partial charge is 0.480 e. The number of carboxylic acid groups (broad SMARTS) is 1. The highest BCUT2D eigenvalue weighted by Gasteiger charge is 2.55. The van der Waals surface area contributed by atoms with E-state index in [2.05, 4.69) is 5.32 Å². The number of nitrogens with one attached hydrogen (secondary N) is 1. The van der Waals surface area contributed by atoms with Crippen molar-refractivity contribution in [2.24, 2.45) is 5.92 Å². The summed E-state index contributed by atoms with van der Waals surface area (Å²) in [5.41, 5.74) is -1.82. The van der Waals surface area contributed by atoms with Crippen LogP contribution in [0, 0.1) is 5.92 Å². The van der Waals surface area contributed by atoms with E-state index >= 15 is 0 Å². The first-order valence-electron chi connectivity index (χ1n) is 6.96. The highest BCUT2D eigenvalue weighted by atomic mass is 19.4. The molecule has 0 heterocycles. The van der Waals surface area contributed by atoms with Crippen molar-refractivity contribution in [2.75, 3.05) is 0 Å². The number of alkyl halides is 3. The first kappa shape index (κ1) is 14.9. The number of hydrogen-bond acceptors (Lipinski definition) is 2. The van der Waals surface area contributed by atoms with E-state index in [0.717, 1.165) is 6.07 Å². The van der Waals surface area contributed by atoms with Crippen LogP contribution >= 0.6 is 0 Å². The molecule has 2 aliphatic carbocycles. The summed E-state index contributed by atoms with van der Waals surface area (Å²) in [6.07, 6.45) is -3.41. The van der Waals surface area contributed by atoms with Gasteiger partial charge >= 0.3 is 12.1 Å². The monoisotopic (exact) mass is 313 g/mol. The number of halogens is 3. The summed E-state index contributed by atoms with van der Waals surface area (Å²) in [5, 5.41) is 11.5. The van der Waals surface area contributed by atoms with Crippen LogP contribution in [-0.2, 0) is 15.8 Å². The molecule has 0 radical (unpaired) electrons. The second-order valence-electron chi connectivity index (χ2n) is 5.91. The normalized spacial score (nSPS) is 25.4. The molecule has 0 spiro atoms. The molecule has 2 fully saturated rings. The summed E-state index contributed by atoms with van der Waals surface area (Å²) in [6, 6.07) is 5.21. The quantitative estimate of drug-likeness (QED) is 0.898. The lowest BCUT2D eigenvalue weighted by molar-refractivity contribution is -0.143. The zero-order chi connectivity index (χ0) is 16.1. The second-order valence-corrected chi connectivity index (χ2v) is 5.91. The number of aliphatic carboxylic acids is 1. The minimum absolute atomic E-state index is 0.107. The fourth-order valence-corrected chi connectivity index (χ4v) is 2.75. The molecule has 4 nitrogen and oxygen atoms in total. The van der Waals surface area contributed by atoms with Crippen LogP contribution in [0.4, 0.5) is 13.2 Å². The standard InChI is InChI=1S/C15H14F3NO3/c16-15(17,18)11-4-2-1-3-8(11)9-7-10(9)12(20)19-14(5-6-14)13(21)22/h1-4,9-10H,5-7H2,(H,19,20)(H,21,22)/t9-,10+/m0/s1. The number of amides is 1. The topological polar surface area (TPSA) is 66.4 Å². The molecule has 1 amide bonds. The number of rotatable bonds is 4. The molecule has 2 saturated carbocycles. The van der Waals surface area contributed by atoms with Gasteiger partial charge in [0.1, 0.15) is 5.54 Å². The van der Waals surface area contributed by atoms with Gasteiger partial charge in [-0.15, -0.1) is 0 Å². The summed E-state index contributed by atoms with van der Waals surface area (Å²) >= 11 is 0. The molecular weight excluding hydrogens is 299 g/mol. The molecule has 0 aromatic heterocycles. The van der Waals surface area contributed by atoms with Gasteiger partial charge in [0, 0.05) is 5.92 Å². The molecule has 3 rings (SSSR count). The van der Waals surface area contributed by atoms with E-state index < -0.39 is 41.0 Å². The molecule has 2 N–H and O–H groups in total. The summed E-state index contributed by atoms with van der Waals surface area (Å²) in [5.74, 6) is -2.64. The first-order chi connectivity index (χ1) is 10.2. The maximum Gasteiger partial charge on any atom is 0.416 e. The first-order valence-corrected chi connectivity index (χ1v) is 6.96. The van der Waals surface area contributed by atoms with E-state index in [1.54, 1.807) is 0 Å². The third-order valence-corrected chi connectivity index (χ3v) is 4.31. The van der Waals surface area contributed by atoms with Crippen molar-refractivity contribution in [3.05, 3.63) is 35.4 Å². The van der Waals surface area contributed by atoms with Crippen LogP contribution in [0.15, 0.2) is 24.3 Å². The Hall–Kier alpha value is -2.05. The van der Waals surface area contributed by atoms with Gasteiger partial charge in [-0.25, -0.2) is 4.79 Å². The molecule has 0 bridgehead atoms. The number of hydrogen-bond donors (Lipinski definition) is 2. The molecule has 0 aliphatic heterocycles. The molecule has 1 aromatic carbocycles.